The topological polar surface area (TPSA) is 66.6 Å². The fourth-order valence-electron chi connectivity index (χ4n) is 1.58. The number of likely N-dealkylation sites (tertiary alicyclic amines) is 1. The lowest BCUT2D eigenvalue weighted by atomic mass is 10.0. The van der Waals surface area contributed by atoms with Crippen LogP contribution in [0.5, 0.6) is 0 Å². The van der Waals surface area contributed by atoms with E-state index in [9.17, 15) is 9.90 Å². The Hall–Kier alpha value is -0.610. The molecule has 1 saturated heterocycles. The van der Waals surface area contributed by atoms with Crippen LogP contribution in [0.2, 0.25) is 0 Å². The number of primary amides is 1. The molecule has 0 spiro atoms. The van der Waals surface area contributed by atoms with Crippen LogP contribution in [0.3, 0.4) is 0 Å². The molecule has 1 heterocycles. The third-order valence-electron chi connectivity index (χ3n) is 2.35. The van der Waals surface area contributed by atoms with Crippen molar-refractivity contribution in [2.45, 2.75) is 31.9 Å². The highest BCUT2D eigenvalue weighted by Crippen LogP contribution is 2.15. The van der Waals surface area contributed by atoms with Gasteiger partial charge in [0, 0.05) is 12.6 Å². The normalized spacial score (nSPS) is 31.8. The van der Waals surface area contributed by atoms with Crippen LogP contribution < -0.4 is 5.73 Å². The summed E-state index contributed by atoms with van der Waals surface area (Å²) >= 11 is 0. The van der Waals surface area contributed by atoms with Crippen molar-refractivity contribution in [2.24, 2.45) is 5.73 Å². The second-order valence-corrected chi connectivity index (χ2v) is 3.48. The number of amides is 1. The van der Waals surface area contributed by atoms with E-state index in [1.807, 2.05) is 4.90 Å². The first-order chi connectivity index (χ1) is 5.59. The number of aliphatic hydroxyl groups excluding tert-OH is 1. The highest BCUT2D eigenvalue weighted by molar-refractivity contribution is 5.75. The quantitative estimate of drug-likeness (QED) is 0.580. The van der Waals surface area contributed by atoms with Crippen molar-refractivity contribution in [2.75, 3.05) is 13.1 Å². The van der Waals surface area contributed by atoms with Crippen molar-refractivity contribution in [3.05, 3.63) is 0 Å². The summed E-state index contributed by atoms with van der Waals surface area (Å²) < 4.78 is 0. The molecule has 1 aliphatic rings. The lowest BCUT2D eigenvalue weighted by Crippen LogP contribution is -2.47. The Balaban J connectivity index is 2.43. The van der Waals surface area contributed by atoms with Crippen LogP contribution in [0.25, 0.3) is 0 Å². The maximum atomic E-state index is 10.6. The van der Waals surface area contributed by atoms with Crippen molar-refractivity contribution in [1.29, 1.82) is 0 Å². The molecule has 1 rings (SSSR count). The van der Waals surface area contributed by atoms with Crippen LogP contribution in [0.4, 0.5) is 0 Å². The monoisotopic (exact) mass is 172 g/mol. The molecule has 0 aromatic carbocycles. The molecule has 0 radical (unpaired) electrons. The molecule has 1 fully saturated rings. The highest BCUT2D eigenvalue weighted by Gasteiger charge is 2.24. The van der Waals surface area contributed by atoms with E-state index >= 15 is 0 Å². The van der Waals surface area contributed by atoms with Crippen molar-refractivity contribution >= 4 is 5.91 Å². The number of nitrogens with zero attached hydrogens (tertiary/aromatic N) is 1. The van der Waals surface area contributed by atoms with Crippen LogP contribution in [-0.2, 0) is 4.79 Å². The van der Waals surface area contributed by atoms with Gasteiger partial charge in [-0.25, -0.2) is 0 Å². The van der Waals surface area contributed by atoms with Gasteiger partial charge in [-0.15, -0.1) is 0 Å². The minimum Gasteiger partial charge on any atom is -0.392 e. The van der Waals surface area contributed by atoms with Gasteiger partial charge in [-0.05, 0) is 19.8 Å². The first-order valence-corrected chi connectivity index (χ1v) is 4.30. The molecule has 4 heteroatoms. The van der Waals surface area contributed by atoms with Crippen LogP contribution in [0, 0.1) is 0 Å². The predicted octanol–water partition coefficient (Wildman–Crippen LogP) is -0.683. The molecule has 12 heavy (non-hydrogen) atoms. The zero-order chi connectivity index (χ0) is 9.14. The Labute approximate surface area is 72.3 Å². The number of β-amino-alcohol motifs (C(OH)–C–C–N with tert-alkyl or cyclic N) is 1. The number of rotatable bonds is 2. The largest absolute Gasteiger partial charge is 0.392 e. The van der Waals surface area contributed by atoms with Crippen LogP contribution in [0.15, 0.2) is 0 Å². The molecule has 1 amide bonds. The maximum absolute atomic E-state index is 10.6. The van der Waals surface area contributed by atoms with Gasteiger partial charge in [0.05, 0.1) is 12.6 Å². The number of carbonyl (C=O) groups is 1. The lowest BCUT2D eigenvalue weighted by Gasteiger charge is -2.34. The van der Waals surface area contributed by atoms with Gasteiger partial charge in [0.15, 0.2) is 0 Å². The zero-order valence-electron chi connectivity index (χ0n) is 7.36. The summed E-state index contributed by atoms with van der Waals surface area (Å²) in [5.41, 5.74) is 5.07. The van der Waals surface area contributed by atoms with Gasteiger partial charge in [0.25, 0.3) is 0 Å². The molecule has 0 bridgehead atoms. The summed E-state index contributed by atoms with van der Waals surface area (Å²) in [5, 5.41) is 9.32. The fourth-order valence-corrected chi connectivity index (χ4v) is 1.58. The van der Waals surface area contributed by atoms with Crippen LogP contribution in [-0.4, -0.2) is 41.1 Å². The van der Waals surface area contributed by atoms with E-state index in [1.165, 1.54) is 0 Å². The van der Waals surface area contributed by atoms with Gasteiger partial charge in [0.1, 0.15) is 0 Å². The molecule has 0 aliphatic carbocycles. The molecular formula is C8H16N2O2. The first-order valence-electron chi connectivity index (χ1n) is 4.30. The summed E-state index contributed by atoms with van der Waals surface area (Å²) in [7, 11) is 0. The van der Waals surface area contributed by atoms with Crippen molar-refractivity contribution in [1.82, 2.24) is 4.90 Å². The molecule has 0 unspecified atom stereocenters. The summed E-state index contributed by atoms with van der Waals surface area (Å²) in [6.07, 6.45) is 1.48. The van der Waals surface area contributed by atoms with E-state index in [2.05, 4.69) is 6.92 Å². The summed E-state index contributed by atoms with van der Waals surface area (Å²) in [6, 6.07) is 0.362. The zero-order valence-corrected chi connectivity index (χ0v) is 7.36. The molecular weight excluding hydrogens is 156 g/mol. The number of hydrogen-bond donors (Lipinski definition) is 2. The second kappa shape index (κ2) is 3.87. The minimum atomic E-state index is -0.323. The van der Waals surface area contributed by atoms with Crippen molar-refractivity contribution < 1.29 is 9.90 Å². The van der Waals surface area contributed by atoms with Gasteiger partial charge < -0.3 is 10.8 Å². The smallest absolute Gasteiger partial charge is 0.231 e. The van der Waals surface area contributed by atoms with E-state index in [1.54, 1.807) is 0 Å². The molecule has 3 N–H and O–H groups in total. The summed E-state index contributed by atoms with van der Waals surface area (Å²) in [4.78, 5) is 12.5. The first kappa shape index (κ1) is 9.48. The second-order valence-electron chi connectivity index (χ2n) is 3.48. The van der Waals surface area contributed by atoms with Crippen molar-refractivity contribution in [3.8, 4) is 0 Å². The predicted molar refractivity (Wildman–Crippen MR) is 45.5 cm³/mol. The van der Waals surface area contributed by atoms with E-state index in [0.29, 0.717) is 12.6 Å². The molecule has 0 aromatic rings. The van der Waals surface area contributed by atoms with Crippen LogP contribution in [0.1, 0.15) is 19.8 Å². The molecule has 4 nitrogen and oxygen atoms in total. The SMILES string of the molecule is C[C@H]1CC[C@H](O)CN1CC(N)=O. The Morgan fingerprint density at radius 3 is 2.92 bits per heavy atom. The van der Waals surface area contributed by atoms with Gasteiger partial charge in [-0.1, -0.05) is 0 Å². The van der Waals surface area contributed by atoms with E-state index in [0.717, 1.165) is 12.8 Å². The Bertz CT molecular complexity index is 172. The Morgan fingerprint density at radius 1 is 1.67 bits per heavy atom. The number of nitrogens with two attached hydrogens (primary N) is 1. The van der Waals surface area contributed by atoms with E-state index in [4.69, 9.17) is 5.73 Å². The molecule has 1 aliphatic heterocycles. The van der Waals surface area contributed by atoms with Crippen molar-refractivity contribution in [3.63, 3.8) is 0 Å². The van der Waals surface area contributed by atoms with E-state index in [-0.39, 0.29) is 18.6 Å². The average molecular weight is 172 g/mol. The number of carbonyl (C=O) groups excluding carboxylic acids is 1. The average Bonchev–Trinajstić information content (AvgIpc) is 1.96. The Morgan fingerprint density at radius 2 is 2.33 bits per heavy atom. The maximum Gasteiger partial charge on any atom is 0.231 e. The number of aliphatic hydroxyl groups is 1. The standard InChI is InChI=1S/C8H16N2O2/c1-6-2-3-7(11)4-10(6)5-8(9)12/h6-7,11H,2-5H2,1H3,(H2,9,12)/t6-,7-/m0/s1. The number of piperidine rings is 1. The van der Waals surface area contributed by atoms with E-state index < -0.39 is 0 Å². The van der Waals surface area contributed by atoms with Crippen LogP contribution >= 0.6 is 0 Å². The lowest BCUT2D eigenvalue weighted by molar-refractivity contribution is -0.120. The van der Waals surface area contributed by atoms with Gasteiger partial charge >= 0.3 is 0 Å². The molecule has 2 atom stereocenters. The number of hydrogen-bond acceptors (Lipinski definition) is 3. The summed E-state index contributed by atoms with van der Waals surface area (Å²) in [6.45, 7) is 2.89. The third kappa shape index (κ3) is 2.46. The Kier molecular flexibility index (Phi) is 3.05. The molecule has 70 valence electrons. The minimum absolute atomic E-state index is 0.262. The fraction of sp³-hybridized carbons (Fsp3) is 0.875. The van der Waals surface area contributed by atoms with Gasteiger partial charge in [0.2, 0.25) is 5.91 Å². The highest BCUT2D eigenvalue weighted by atomic mass is 16.3. The summed E-state index contributed by atoms with van der Waals surface area (Å²) in [5.74, 6) is -0.323. The van der Waals surface area contributed by atoms with Gasteiger partial charge in [-0.3, -0.25) is 9.69 Å². The van der Waals surface area contributed by atoms with Gasteiger partial charge in [-0.2, -0.15) is 0 Å². The molecule has 0 saturated carbocycles. The molecule has 0 aromatic heterocycles. The third-order valence-corrected chi connectivity index (χ3v) is 2.35.